The summed E-state index contributed by atoms with van der Waals surface area (Å²) in [5.41, 5.74) is 0. The molecule has 0 aliphatic carbocycles. The Kier molecular flexibility index (Phi) is 4.58. The molecule has 1 fully saturated rings. The number of aliphatic hydroxyl groups is 1. The van der Waals surface area contributed by atoms with Crippen LogP contribution in [0.5, 0.6) is 0 Å². The van der Waals surface area contributed by atoms with Crippen molar-refractivity contribution in [3.8, 4) is 0 Å². The highest BCUT2D eigenvalue weighted by atomic mass is 16.3. The van der Waals surface area contributed by atoms with E-state index in [1.807, 2.05) is 0 Å². The Morgan fingerprint density at radius 3 is 2.83 bits per heavy atom. The fraction of sp³-hybridized carbons (Fsp3) is 1.00. The average Bonchev–Trinajstić information content (AvgIpc) is 2.15. The van der Waals surface area contributed by atoms with Gasteiger partial charge in [0, 0.05) is 32.3 Å². The Morgan fingerprint density at radius 1 is 1.50 bits per heavy atom. The summed E-state index contributed by atoms with van der Waals surface area (Å²) in [6, 6.07) is 0.566. The largest absolute Gasteiger partial charge is 0.396 e. The molecule has 2 unspecified atom stereocenters. The van der Waals surface area contributed by atoms with Gasteiger partial charge in [0.2, 0.25) is 0 Å². The Bertz CT molecular complexity index is 110. The fourth-order valence-corrected chi connectivity index (χ4v) is 1.86. The summed E-state index contributed by atoms with van der Waals surface area (Å²) in [5, 5.41) is 15.7. The molecule has 0 radical (unpaired) electrons. The van der Waals surface area contributed by atoms with Crippen LogP contribution < -0.4 is 10.6 Å². The van der Waals surface area contributed by atoms with E-state index in [0.29, 0.717) is 18.6 Å². The number of nitrogens with one attached hydrogen (secondary N) is 2. The lowest BCUT2D eigenvalue weighted by Gasteiger charge is -2.31. The van der Waals surface area contributed by atoms with E-state index in [1.54, 1.807) is 0 Å². The van der Waals surface area contributed by atoms with Crippen LogP contribution in [0, 0.1) is 5.92 Å². The van der Waals surface area contributed by atoms with E-state index in [2.05, 4.69) is 17.6 Å². The molecule has 72 valence electrons. The third-order valence-electron chi connectivity index (χ3n) is 2.67. The first-order valence-electron chi connectivity index (χ1n) is 4.93. The minimum Gasteiger partial charge on any atom is -0.396 e. The molecule has 1 saturated heterocycles. The molecule has 3 heteroatoms. The van der Waals surface area contributed by atoms with E-state index >= 15 is 0 Å². The van der Waals surface area contributed by atoms with Crippen LogP contribution in [0.1, 0.15) is 19.8 Å². The third kappa shape index (κ3) is 2.73. The minimum absolute atomic E-state index is 0.316. The highest BCUT2D eigenvalue weighted by Gasteiger charge is 2.20. The van der Waals surface area contributed by atoms with Crippen LogP contribution in [0.2, 0.25) is 0 Å². The van der Waals surface area contributed by atoms with Crippen molar-refractivity contribution >= 4 is 0 Å². The molecule has 1 aliphatic rings. The summed E-state index contributed by atoms with van der Waals surface area (Å²) in [5.74, 6) is 0.628. The molecule has 1 aliphatic heterocycles. The SMILES string of the molecule is CCC(CCO)C1CNCCN1. The Labute approximate surface area is 74.5 Å². The average molecular weight is 172 g/mol. The van der Waals surface area contributed by atoms with Gasteiger partial charge in [0.1, 0.15) is 0 Å². The standard InChI is InChI=1S/C9H20N2O/c1-2-8(3-6-12)9-7-10-4-5-11-9/h8-12H,2-7H2,1H3. The minimum atomic E-state index is 0.316. The predicted molar refractivity (Wildman–Crippen MR) is 50.1 cm³/mol. The van der Waals surface area contributed by atoms with Gasteiger partial charge in [-0.3, -0.25) is 0 Å². The first-order chi connectivity index (χ1) is 5.88. The van der Waals surface area contributed by atoms with Crippen LogP contribution in [0.15, 0.2) is 0 Å². The molecule has 0 spiro atoms. The normalized spacial score (nSPS) is 27.0. The van der Waals surface area contributed by atoms with Gasteiger partial charge in [0.05, 0.1) is 0 Å². The molecule has 3 nitrogen and oxygen atoms in total. The van der Waals surface area contributed by atoms with Gasteiger partial charge in [-0.2, -0.15) is 0 Å². The van der Waals surface area contributed by atoms with Gasteiger partial charge in [-0.05, 0) is 12.3 Å². The number of hydrogen-bond donors (Lipinski definition) is 3. The maximum absolute atomic E-state index is 8.85. The van der Waals surface area contributed by atoms with Crippen molar-refractivity contribution in [3.05, 3.63) is 0 Å². The van der Waals surface area contributed by atoms with E-state index in [4.69, 9.17) is 5.11 Å². The fourth-order valence-electron chi connectivity index (χ4n) is 1.86. The quantitative estimate of drug-likeness (QED) is 0.557. The van der Waals surface area contributed by atoms with Crippen molar-refractivity contribution in [2.24, 2.45) is 5.92 Å². The highest BCUT2D eigenvalue weighted by Crippen LogP contribution is 2.13. The number of aliphatic hydroxyl groups excluding tert-OH is 1. The van der Waals surface area contributed by atoms with Crippen LogP contribution >= 0.6 is 0 Å². The Balaban J connectivity index is 2.29. The zero-order valence-electron chi connectivity index (χ0n) is 7.84. The van der Waals surface area contributed by atoms with Crippen LogP contribution in [0.3, 0.4) is 0 Å². The van der Waals surface area contributed by atoms with Gasteiger partial charge in [-0.25, -0.2) is 0 Å². The molecule has 1 heterocycles. The molecule has 0 aromatic carbocycles. The smallest absolute Gasteiger partial charge is 0.0434 e. The maximum Gasteiger partial charge on any atom is 0.0434 e. The van der Waals surface area contributed by atoms with Crippen molar-refractivity contribution in [1.82, 2.24) is 10.6 Å². The molecule has 0 bridgehead atoms. The summed E-state index contributed by atoms with van der Waals surface area (Å²) in [6.07, 6.45) is 2.08. The zero-order chi connectivity index (χ0) is 8.81. The number of hydrogen-bond acceptors (Lipinski definition) is 3. The second-order valence-electron chi connectivity index (χ2n) is 3.45. The van der Waals surface area contributed by atoms with Gasteiger partial charge in [-0.1, -0.05) is 13.3 Å². The van der Waals surface area contributed by atoms with E-state index < -0.39 is 0 Å². The molecular formula is C9H20N2O. The summed E-state index contributed by atoms with van der Waals surface area (Å²) in [6.45, 7) is 5.70. The Hall–Kier alpha value is -0.120. The van der Waals surface area contributed by atoms with Gasteiger partial charge < -0.3 is 15.7 Å². The molecule has 0 saturated carbocycles. The van der Waals surface area contributed by atoms with E-state index in [1.165, 1.54) is 0 Å². The molecule has 2 atom stereocenters. The molecular weight excluding hydrogens is 152 g/mol. The van der Waals surface area contributed by atoms with Gasteiger partial charge in [0.15, 0.2) is 0 Å². The number of rotatable bonds is 4. The van der Waals surface area contributed by atoms with Crippen molar-refractivity contribution in [2.45, 2.75) is 25.8 Å². The van der Waals surface area contributed by atoms with Crippen molar-refractivity contribution in [2.75, 3.05) is 26.2 Å². The van der Waals surface area contributed by atoms with Crippen molar-refractivity contribution in [3.63, 3.8) is 0 Å². The van der Waals surface area contributed by atoms with Crippen LogP contribution in [0.25, 0.3) is 0 Å². The van der Waals surface area contributed by atoms with E-state index in [0.717, 1.165) is 32.5 Å². The van der Waals surface area contributed by atoms with E-state index in [-0.39, 0.29) is 0 Å². The molecule has 12 heavy (non-hydrogen) atoms. The summed E-state index contributed by atoms with van der Waals surface area (Å²) < 4.78 is 0. The maximum atomic E-state index is 8.85. The first kappa shape index (κ1) is 9.96. The molecule has 0 amide bonds. The van der Waals surface area contributed by atoms with Crippen LogP contribution in [0.4, 0.5) is 0 Å². The first-order valence-corrected chi connectivity index (χ1v) is 4.93. The van der Waals surface area contributed by atoms with Gasteiger partial charge in [-0.15, -0.1) is 0 Å². The lowest BCUT2D eigenvalue weighted by Crippen LogP contribution is -2.51. The van der Waals surface area contributed by atoms with E-state index in [9.17, 15) is 0 Å². The van der Waals surface area contributed by atoms with Crippen LogP contribution in [-0.4, -0.2) is 37.4 Å². The second kappa shape index (κ2) is 5.51. The molecule has 3 N–H and O–H groups in total. The lowest BCUT2D eigenvalue weighted by molar-refractivity contribution is 0.215. The molecule has 0 aromatic rings. The van der Waals surface area contributed by atoms with Crippen molar-refractivity contribution < 1.29 is 5.11 Å². The summed E-state index contributed by atoms with van der Waals surface area (Å²) in [4.78, 5) is 0. The molecule has 1 rings (SSSR count). The second-order valence-corrected chi connectivity index (χ2v) is 3.45. The topological polar surface area (TPSA) is 44.3 Å². The predicted octanol–water partition coefficient (Wildman–Crippen LogP) is -0.0436. The zero-order valence-corrected chi connectivity index (χ0v) is 7.84. The van der Waals surface area contributed by atoms with Gasteiger partial charge >= 0.3 is 0 Å². The third-order valence-corrected chi connectivity index (χ3v) is 2.67. The Morgan fingerprint density at radius 2 is 2.33 bits per heavy atom. The van der Waals surface area contributed by atoms with Crippen LogP contribution in [-0.2, 0) is 0 Å². The lowest BCUT2D eigenvalue weighted by atomic mass is 9.93. The molecule has 0 aromatic heterocycles. The highest BCUT2D eigenvalue weighted by molar-refractivity contribution is 4.81. The summed E-state index contributed by atoms with van der Waals surface area (Å²) in [7, 11) is 0. The monoisotopic (exact) mass is 172 g/mol. The number of piperazine rings is 1. The van der Waals surface area contributed by atoms with Crippen molar-refractivity contribution in [1.29, 1.82) is 0 Å². The van der Waals surface area contributed by atoms with Gasteiger partial charge in [0.25, 0.3) is 0 Å². The summed E-state index contributed by atoms with van der Waals surface area (Å²) >= 11 is 0.